The third-order valence-electron chi connectivity index (χ3n) is 4.07. The van der Waals surface area contributed by atoms with Crippen LogP contribution in [0.5, 0.6) is 0 Å². The predicted molar refractivity (Wildman–Crippen MR) is 89.2 cm³/mol. The first-order valence-corrected chi connectivity index (χ1v) is 8.83. The second-order valence-electron chi connectivity index (χ2n) is 5.75. The molecule has 0 aliphatic carbocycles. The van der Waals surface area contributed by atoms with E-state index in [4.69, 9.17) is 4.74 Å². The van der Waals surface area contributed by atoms with Gasteiger partial charge in [-0.3, -0.25) is 0 Å². The number of benzene rings is 2. The first kappa shape index (κ1) is 15.9. The van der Waals surface area contributed by atoms with E-state index in [-0.39, 0.29) is 11.5 Å². The topological polar surface area (TPSA) is 46.6 Å². The summed E-state index contributed by atoms with van der Waals surface area (Å²) in [4.78, 5) is 0.250. The van der Waals surface area contributed by atoms with Crippen molar-refractivity contribution in [3.8, 4) is 0 Å². The summed E-state index contributed by atoms with van der Waals surface area (Å²) in [6.45, 7) is 5.90. The zero-order chi connectivity index (χ0) is 16.5. The third kappa shape index (κ3) is 2.72. The van der Waals surface area contributed by atoms with Crippen molar-refractivity contribution in [2.24, 2.45) is 0 Å². The van der Waals surface area contributed by atoms with E-state index in [0.717, 1.165) is 5.56 Å². The smallest absolute Gasteiger partial charge is 0.246 e. The maximum Gasteiger partial charge on any atom is 0.246 e. The molecule has 0 N–H and O–H groups in total. The summed E-state index contributed by atoms with van der Waals surface area (Å²) >= 11 is 0. The van der Waals surface area contributed by atoms with Gasteiger partial charge in [0.15, 0.2) is 6.23 Å². The molecule has 0 saturated carbocycles. The Morgan fingerprint density at radius 3 is 2.26 bits per heavy atom. The summed E-state index contributed by atoms with van der Waals surface area (Å²) < 4.78 is 33.6. The van der Waals surface area contributed by atoms with Crippen LogP contribution in [0.15, 0.2) is 78.2 Å². The molecule has 4 nitrogen and oxygen atoms in total. The van der Waals surface area contributed by atoms with Gasteiger partial charge in [-0.15, -0.1) is 6.58 Å². The van der Waals surface area contributed by atoms with Gasteiger partial charge in [0.2, 0.25) is 10.0 Å². The van der Waals surface area contributed by atoms with Crippen LogP contribution in [0.4, 0.5) is 0 Å². The van der Waals surface area contributed by atoms with Crippen LogP contribution in [0, 0.1) is 0 Å². The van der Waals surface area contributed by atoms with Crippen LogP contribution in [0.3, 0.4) is 0 Å². The Morgan fingerprint density at radius 2 is 1.70 bits per heavy atom. The van der Waals surface area contributed by atoms with Gasteiger partial charge in [0, 0.05) is 0 Å². The predicted octanol–water partition coefficient (Wildman–Crippen LogP) is 3.35. The molecule has 0 bridgehead atoms. The van der Waals surface area contributed by atoms with Crippen LogP contribution in [-0.2, 0) is 14.8 Å². The average Bonchev–Trinajstić information content (AvgIpc) is 2.95. The third-order valence-corrected chi connectivity index (χ3v) is 6.07. The van der Waals surface area contributed by atoms with Gasteiger partial charge in [0.05, 0.1) is 17.0 Å². The normalized spacial score (nSPS) is 25.3. The van der Waals surface area contributed by atoms with Crippen LogP contribution in [0.25, 0.3) is 0 Å². The van der Waals surface area contributed by atoms with Crippen molar-refractivity contribution in [2.75, 3.05) is 6.61 Å². The van der Waals surface area contributed by atoms with Gasteiger partial charge in [-0.2, -0.15) is 4.31 Å². The van der Waals surface area contributed by atoms with Gasteiger partial charge in [-0.25, -0.2) is 8.42 Å². The minimum Gasteiger partial charge on any atom is -0.355 e. The van der Waals surface area contributed by atoms with Crippen molar-refractivity contribution < 1.29 is 13.2 Å². The van der Waals surface area contributed by atoms with E-state index in [2.05, 4.69) is 6.58 Å². The van der Waals surface area contributed by atoms with Crippen molar-refractivity contribution in [3.63, 3.8) is 0 Å². The molecule has 1 aliphatic heterocycles. The second-order valence-corrected chi connectivity index (χ2v) is 7.56. The Morgan fingerprint density at radius 1 is 1.13 bits per heavy atom. The number of rotatable bonds is 4. The molecule has 1 fully saturated rings. The van der Waals surface area contributed by atoms with E-state index in [1.54, 1.807) is 36.4 Å². The molecule has 1 heterocycles. The lowest BCUT2D eigenvalue weighted by Gasteiger charge is -2.32. The van der Waals surface area contributed by atoms with E-state index in [0.29, 0.717) is 0 Å². The molecule has 5 heteroatoms. The lowest BCUT2D eigenvalue weighted by molar-refractivity contribution is 0.0679. The molecule has 2 aromatic carbocycles. The summed E-state index contributed by atoms with van der Waals surface area (Å²) in [7, 11) is -3.72. The highest BCUT2D eigenvalue weighted by Crippen LogP contribution is 2.41. The first-order valence-electron chi connectivity index (χ1n) is 7.39. The van der Waals surface area contributed by atoms with E-state index < -0.39 is 21.8 Å². The van der Waals surface area contributed by atoms with Gasteiger partial charge in [-0.05, 0) is 24.6 Å². The molecule has 0 aromatic heterocycles. The number of nitrogens with zero attached hydrogens (tertiary/aromatic N) is 1. The fourth-order valence-electron chi connectivity index (χ4n) is 2.75. The van der Waals surface area contributed by atoms with Crippen molar-refractivity contribution >= 4 is 10.0 Å². The average molecular weight is 329 g/mol. The Balaban J connectivity index is 2.12. The van der Waals surface area contributed by atoms with Crippen LogP contribution in [0.1, 0.15) is 18.7 Å². The molecule has 2 atom stereocenters. The van der Waals surface area contributed by atoms with Crippen molar-refractivity contribution in [2.45, 2.75) is 23.6 Å². The van der Waals surface area contributed by atoms with Gasteiger partial charge in [0.25, 0.3) is 0 Å². The lowest BCUT2D eigenvalue weighted by atomic mass is 10.1. The summed E-state index contributed by atoms with van der Waals surface area (Å²) in [5.74, 6) is 0. The zero-order valence-corrected chi connectivity index (χ0v) is 13.7. The van der Waals surface area contributed by atoms with E-state index in [1.807, 2.05) is 37.3 Å². The quantitative estimate of drug-likeness (QED) is 0.808. The minimum absolute atomic E-state index is 0.250. The van der Waals surface area contributed by atoms with E-state index in [1.165, 1.54) is 4.31 Å². The molecule has 23 heavy (non-hydrogen) atoms. The van der Waals surface area contributed by atoms with Crippen LogP contribution < -0.4 is 0 Å². The number of hydrogen-bond acceptors (Lipinski definition) is 3. The molecule has 120 valence electrons. The fraction of sp³-hybridized carbons (Fsp3) is 0.222. The van der Waals surface area contributed by atoms with Crippen molar-refractivity contribution in [3.05, 3.63) is 78.9 Å². The van der Waals surface area contributed by atoms with Gasteiger partial charge < -0.3 is 4.74 Å². The van der Waals surface area contributed by atoms with Crippen LogP contribution in [0.2, 0.25) is 0 Å². The maximum absolute atomic E-state index is 13.2. The molecule has 3 rings (SSSR count). The molecule has 1 unspecified atom stereocenters. The summed E-state index contributed by atoms with van der Waals surface area (Å²) in [5, 5.41) is 0. The summed E-state index contributed by atoms with van der Waals surface area (Å²) in [6.07, 6.45) is 0.973. The molecule has 0 amide bonds. The molecule has 1 saturated heterocycles. The SMILES string of the molecule is C=C[C@]1(C)COC(c2ccccc2)N1S(=O)(=O)c1ccccc1. The molecule has 0 radical (unpaired) electrons. The van der Waals surface area contributed by atoms with Crippen LogP contribution >= 0.6 is 0 Å². The van der Waals surface area contributed by atoms with Gasteiger partial charge in [0.1, 0.15) is 0 Å². The van der Waals surface area contributed by atoms with Crippen molar-refractivity contribution in [1.82, 2.24) is 4.31 Å². The first-order chi connectivity index (χ1) is 11.0. The summed E-state index contributed by atoms with van der Waals surface area (Å²) in [6, 6.07) is 17.8. The molecular formula is C18H19NO3S. The zero-order valence-electron chi connectivity index (χ0n) is 12.9. The Bertz CT molecular complexity index is 790. The fourth-order valence-corrected chi connectivity index (χ4v) is 4.59. The maximum atomic E-state index is 13.2. The van der Waals surface area contributed by atoms with Gasteiger partial charge in [-0.1, -0.05) is 54.6 Å². The second kappa shape index (κ2) is 5.92. The Hall–Kier alpha value is -1.95. The van der Waals surface area contributed by atoms with E-state index in [9.17, 15) is 8.42 Å². The molecular weight excluding hydrogens is 310 g/mol. The number of sulfonamides is 1. The lowest BCUT2D eigenvalue weighted by Crippen LogP contribution is -2.46. The largest absolute Gasteiger partial charge is 0.355 e. The number of hydrogen-bond donors (Lipinski definition) is 0. The highest BCUT2D eigenvalue weighted by atomic mass is 32.2. The Labute approximate surface area is 137 Å². The van der Waals surface area contributed by atoms with E-state index >= 15 is 0 Å². The minimum atomic E-state index is -3.72. The number of ether oxygens (including phenoxy) is 1. The van der Waals surface area contributed by atoms with Crippen LogP contribution in [-0.4, -0.2) is 24.9 Å². The highest BCUT2D eigenvalue weighted by Gasteiger charge is 2.50. The molecule has 1 aliphatic rings. The standard InChI is InChI=1S/C18H19NO3S/c1-3-18(2)14-22-17(15-10-6-4-7-11-15)19(18)23(20,21)16-12-8-5-9-13-16/h3-13,17H,1,14H2,2H3/t17?,18-/m1/s1. The highest BCUT2D eigenvalue weighted by molar-refractivity contribution is 7.89. The molecule has 0 spiro atoms. The van der Waals surface area contributed by atoms with Crippen molar-refractivity contribution in [1.29, 1.82) is 0 Å². The monoisotopic (exact) mass is 329 g/mol. The Kier molecular flexibility index (Phi) is 4.10. The molecule has 2 aromatic rings. The van der Waals surface area contributed by atoms with Gasteiger partial charge >= 0.3 is 0 Å². The summed E-state index contributed by atoms with van der Waals surface area (Å²) in [5.41, 5.74) is 0.00687.